The maximum Gasteiger partial charge on any atom is 0.180 e. The van der Waals surface area contributed by atoms with E-state index < -0.39 is 0 Å². The number of hydrogen-bond donors (Lipinski definition) is 1. The number of rotatable bonds is 3. The normalized spacial score (nSPS) is 10.4. The second kappa shape index (κ2) is 5.16. The van der Waals surface area contributed by atoms with E-state index in [9.17, 15) is 0 Å². The van der Waals surface area contributed by atoms with Crippen LogP contribution in [0, 0.1) is 0 Å². The zero-order valence-corrected chi connectivity index (χ0v) is 12.1. The number of ether oxygens (including phenoxy) is 1. The fourth-order valence-electron chi connectivity index (χ4n) is 1.13. The standard InChI is InChI=1S/C10H8Br2N2OS/c11-6-1-2-9(8(12)3-6)15-4-7-5-16-10(13)14-7/h1-3,5H,4H2,(H2,13,14). The van der Waals surface area contributed by atoms with Crippen LogP contribution in [-0.4, -0.2) is 4.98 Å². The largest absolute Gasteiger partial charge is 0.486 e. The Bertz CT molecular complexity index is 501. The maximum atomic E-state index is 5.61. The minimum atomic E-state index is 0.425. The monoisotopic (exact) mass is 362 g/mol. The molecular formula is C10H8Br2N2OS. The van der Waals surface area contributed by atoms with E-state index in [0.29, 0.717) is 11.7 Å². The zero-order chi connectivity index (χ0) is 11.5. The molecule has 0 aliphatic rings. The molecule has 84 valence electrons. The van der Waals surface area contributed by atoms with Gasteiger partial charge < -0.3 is 10.5 Å². The average Bonchev–Trinajstić information content (AvgIpc) is 2.63. The Balaban J connectivity index is 2.04. The summed E-state index contributed by atoms with van der Waals surface area (Å²) in [6.07, 6.45) is 0. The van der Waals surface area contributed by atoms with E-state index in [-0.39, 0.29) is 0 Å². The van der Waals surface area contributed by atoms with Gasteiger partial charge in [0.2, 0.25) is 0 Å². The highest BCUT2D eigenvalue weighted by Gasteiger charge is 2.04. The van der Waals surface area contributed by atoms with E-state index in [2.05, 4.69) is 36.8 Å². The molecule has 0 unspecified atom stereocenters. The van der Waals surface area contributed by atoms with Crippen molar-refractivity contribution in [1.29, 1.82) is 0 Å². The van der Waals surface area contributed by atoms with Gasteiger partial charge in [-0.2, -0.15) is 0 Å². The molecule has 3 nitrogen and oxygen atoms in total. The van der Waals surface area contributed by atoms with E-state index >= 15 is 0 Å². The Morgan fingerprint density at radius 1 is 1.38 bits per heavy atom. The molecule has 2 rings (SSSR count). The Morgan fingerprint density at radius 3 is 2.81 bits per heavy atom. The summed E-state index contributed by atoms with van der Waals surface area (Å²) in [7, 11) is 0. The summed E-state index contributed by atoms with van der Waals surface area (Å²) in [6, 6.07) is 5.75. The first-order valence-corrected chi connectivity index (χ1v) is 6.89. The molecule has 2 aromatic rings. The SMILES string of the molecule is Nc1nc(COc2ccc(Br)cc2Br)cs1. The highest BCUT2D eigenvalue weighted by atomic mass is 79.9. The van der Waals surface area contributed by atoms with E-state index in [1.54, 1.807) is 0 Å². The molecule has 1 aromatic heterocycles. The molecule has 0 fully saturated rings. The van der Waals surface area contributed by atoms with E-state index in [1.807, 2.05) is 23.6 Å². The first kappa shape index (κ1) is 11.9. The van der Waals surface area contributed by atoms with E-state index in [0.717, 1.165) is 20.4 Å². The predicted octanol–water partition coefficient (Wildman–Crippen LogP) is 3.83. The van der Waals surface area contributed by atoms with Crippen LogP contribution >= 0.6 is 43.2 Å². The van der Waals surface area contributed by atoms with Crippen molar-refractivity contribution in [3.05, 3.63) is 38.2 Å². The lowest BCUT2D eigenvalue weighted by molar-refractivity contribution is 0.300. The fraction of sp³-hybridized carbons (Fsp3) is 0.100. The lowest BCUT2D eigenvalue weighted by atomic mass is 10.3. The van der Waals surface area contributed by atoms with Crippen LogP contribution in [0.3, 0.4) is 0 Å². The van der Waals surface area contributed by atoms with Crippen LogP contribution in [0.2, 0.25) is 0 Å². The van der Waals surface area contributed by atoms with Gasteiger partial charge in [-0.25, -0.2) is 4.98 Å². The van der Waals surface area contributed by atoms with Gasteiger partial charge in [0, 0.05) is 9.85 Å². The van der Waals surface area contributed by atoms with Crippen molar-refractivity contribution in [3.8, 4) is 5.75 Å². The maximum absolute atomic E-state index is 5.61. The number of nitrogen functional groups attached to an aromatic ring is 1. The summed E-state index contributed by atoms with van der Waals surface area (Å²) in [5.41, 5.74) is 6.38. The number of thiazole rings is 1. The summed E-state index contributed by atoms with van der Waals surface area (Å²) in [5, 5.41) is 2.45. The molecule has 2 N–H and O–H groups in total. The molecule has 1 aromatic carbocycles. The van der Waals surface area contributed by atoms with E-state index in [4.69, 9.17) is 10.5 Å². The number of hydrogen-bond acceptors (Lipinski definition) is 4. The van der Waals surface area contributed by atoms with Crippen LogP contribution < -0.4 is 10.5 Å². The van der Waals surface area contributed by atoms with Crippen molar-refractivity contribution < 1.29 is 4.74 Å². The van der Waals surface area contributed by atoms with Gasteiger partial charge in [0.15, 0.2) is 5.13 Å². The fourth-order valence-corrected chi connectivity index (χ4v) is 2.84. The predicted molar refractivity (Wildman–Crippen MR) is 72.7 cm³/mol. The van der Waals surface area contributed by atoms with Gasteiger partial charge in [-0.05, 0) is 34.1 Å². The van der Waals surface area contributed by atoms with Gasteiger partial charge in [0.05, 0.1) is 10.2 Å². The third kappa shape index (κ3) is 2.96. The molecule has 0 atom stereocenters. The molecule has 0 aliphatic heterocycles. The first-order valence-electron chi connectivity index (χ1n) is 4.43. The summed E-state index contributed by atoms with van der Waals surface area (Å²) >= 11 is 8.22. The molecule has 0 spiro atoms. The molecule has 0 saturated carbocycles. The van der Waals surface area contributed by atoms with Gasteiger partial charge in [-0.15, -0.1) is 11.3 Å². The second-order valence-corrected chi connectivity index (χ2v) is 5.70. The van der Waals surface area contributed by atoms with Crippen molar-refractivity contribution in [2.75, 3.05) is 5.73 Å². The Hall–Kier alpha value is -0.590. The van der Waals surface area contributed by atoms with Crippen LogP contribution in [-0.2, 0) is 6.61 Å². The van der Waals surface area contributed by atoms with Gasteiger partial charge in [0.25, 0.3) is 0 Å². The number of benzene rings is 1. The zero-order valence-electron chi connectivity index (χ0n) is 8.11. The van der Waals surface area contributed by atoms with E-state index in [1.165, 1.54) is 11.3 Å². The van der Waals surface area contributed by atoms with Crippen molar-refractivity contribution in [2.24, 2.45) is 0 Å². The van der Waals surface area contributed by atoms with Gasteiger partial charge >= 0.3 is 0 Å². The van der Waals surface area contributed by atoms with Crippen LogP contribution in [0.1, 0.15) is 5.69 Å². The van der Waals surface area contributed by atoms with Crippen LogP contribution in [0.5, 0.6) is 5.75 Å². The van der Waals surface area contributed by atoms with Crippen LogP contribution in [0.15, 0.2) is 32.5 Å². The first-order chi connectivity index (χ1) is 7.65. The van der Waals surface area contributed by atoms with Crippen LogP contribution in [0.4, 0.5) is 5.13 Å². The van der Waals surface area contributed by atoms with Gasteiger partial charge in [0.1, 0.15) is 12.4 Å². The lowest BCUT2D eigenvalue weighted by Gasteiger charge is -2.06. The summed E-state index contributed by atoms with van der Waals surface area (Å²) in [4.78, 5) is 4.12. The van der Waals surface area contributed by atoms with Crippen molar-refractivity contribution in [3.63, 3.8) is 0 Å². The molecule has 0 radical (unpaired) electrons. The quantitative estimate of drug-likeness (QED) is 0.901. The average molecular weight is 364 g/mol. The molecule has 6 heteroatoms. The number of nitrogens with two attached hydrogens (primary N) is 1. The molecule has 0 amide bonds. The molecular weight excluding hydrogens is 356 g/mol. The topological polar surface area (TPSA) is 48.1 Å². The third-order valence-electron chi connectivity index (χ3n) is 1.84. The molecule has 0 bridgehead atoms. The number of halogens is 2. The Labute approximate surface area is 114 Å². The minimum Gasteiger partial charge on any atom is -0.486 e. The molecule has 1 heterocycles. The second-order valence-electron chi connectivity index (χ2n) is 3.04. The Morgan fingerprint density at radius 2 is 2.19 bits per heavy atom. The summed E-state index contributed by atoms with van der Waals surface area (Å²) < 4.78 is 7.52. The van der Waals surface area contributed by atoms with Crippen molar-refractivity contribution >= 4 is 48.3 Å². The molecule has 0 saturated heterocycles. The highest BCUT2D eigenvalue weighted by molar-refractivity contribution is 9.11. The number of anilines is 1. The summed E-state index contributed by atoms with van der Waals surface area (Å²) in [6.45, 7) is 0.425. The van der Waals surface area contributed by atoms with Crippen LogP contribution in [0.25, 0.3) is 0 Å². The van der Waals surface area contributed by atoms with Gasteiger partial charge in [-0.1, -0.05) is 15.9 Å². The van der Waals surface area contributed by atoms with Crippen molar-refractivity contribution in [1.82, 2.24) is 4.98 Å². The third-order valence-corrected chi connectivity index (χ3v) is 3.67. The highest BCUT2D eigenvalue weighted by Crippen LogP contribution is 2.28. The van der Waals surface area contributed by atoms with Gasteiger partial charge in [-0.3, -0.25) is 0 Å². The van der Waals surface area contributed by atoms with Crippen molar-refractivity contribution in [2.45, 2.75) is 6.61 Å². The Kier molecular flexibility index (Phi) is 3.83. The minimum absolute atomic E-state index is 0.425. The molecule has 0 aliphatic carbocycles. The molecule has 16 heavy (non-hydrogen) atoms. The lowest BCUT2D eigenvalue weighted by Crippen LogP contribution is -1.96. The number of nitrogens with zero attached hydrogens (tertiary/aromatic N) is 1. The number of aromatic nitrogens is 1. The summed E-state index contributed by atoms with van der Waals surface area (Å²) in [5.74, 6) is 0.787. The smallest absolute Gasteiger partial charge is 0.180 e.